The van der Waals surface area contributed by atoms with E-state index in [1.54, 1.807) is 0 Å². The quantitative estimate of drug-likeness (QED) is 0.675. The summed E-state index contributed by atoms with van der Waals surface area (Å²) in [6.45, 7) is 6.10. The van der Waals surface area contributed by atoms with Crippen LogP contribution in [0.5, 0.6) is 0 Å². The van der Waals surface area contributed by atoms with Crippen LogP contribution in [0.1, 0.15) is 20.3 Å². The number of esters is 1. The Labute approximate surface area is 85.0 Å². The Hall–Kier alpha value is -0.610. The topological polar surface area (TPSA) is 47.6 Å². The molecule has 0 amide bonds. The van der Waals surface area contributed by atoms with Crippen LogP contribution in [0.2, 0.25) is 0 Å². The molecule has 0 radical (unpaired) electrons. The molecule has 1 saturated heterocycles. The van der Waals surface area contributed by atoms with Gasteiger partial charge in [0, 0.05) is 13.2 Å². The number of carbonyl (C=O) groups excluding carboxylic acids is 1. The Balaban J connectivity index is 2.31. The summed E-state index contributed by atoms with van der Waals surface area (Å²) in [4.78, 5) is 11.3. The molecule has 1 unspecified atom stereocenters. The van der Waals surface area contributed by atoms with Crippen LogP contribution in [0.4, 0.5) is 0 Å². The van der Waals surface area contributed by atoms with Crippen molar-refractivity contribution in [3.05, 3.63) is 0 Å². The first kappa shape index (κ1) is 11.5. The van der Waals surface area contributed by atoms with Gasteiger partial charge in [0.2, 0.25) is 0 Å². The van der Waals surface area contributed by atoms with Gasteiger partial charge in [-0.05, 0) is 26.2 Å². The molecule has 1 heterocycles. The molecule has 1 rings (SSSR count). The van der Waals surface area contributed by atoms with Crippen molar-refractivity contribution in [1.29, 1.82) is 0 Å². The first-order valence-electron chi connectivity index (χ1n) is 4.97. The van der Waals surface area contributed by atoms with E-state index < -0.39 is 5.54 Å². The Kier molecular flexibility index (Phi) is 3.89. The van der Waals surface area contributed by atoms with Gasteiger partial charge in [-0.3, -0.25) is 4.79 Å². The third kappa shape index (κ3) is 2.96. The third-order valence-corrected chi connectivity index (χ3v) is 2.55. The molecule has 4 nitrogen and oxygen atoms in total. The zero-order chi connectivity index (χ0) is 10.6. The smallest absolute Gasteiger partial charge is 0.325 e. The van der Waals surface area contributed by atoms with Gasteiger partial charge in [0.05, 0.1) is 13.7 Å². The molecular formula is C10H19NO3. The van der Waals surface area contributed by atoms with E-state index >= 15 is 0 Å². The molecule has 82 valence electrons. The van der Waals surface area contributed by atoms with Crippen molar-refractivity contribution in [2.24, 2.45) is 5.92 Å². The first-order chi connectivity index (χ1) is 6.56. The van der Waals surface area contributed by atoms with Gasteiger partial charge in [-0.25, -0.2) is 0 Å². The number of hydrogen-bond acceptors (Lipinski definition) is 4. The highest BCUT2D eigenvalue weighted by Gasteiger charge is 2.29. The van der Waals surface area contributed by atoms with E-state index in [0.717, 1.165) is 26.2 Å². The number of carbonyl (C=O) groups is 1. The Morgan fingerprint density at radius 1 is 1.64 bits per heavy atom. The zero-order valence-corrected chi connectivity index (χ0v) is 9.13. The molecule has 4 heteroatoms. The largest absolute Gasteiger partial charge is 0.468 e. The maximum absolute atomic E-state index is 11.3. The van der Waals surface area contributed by atoms with Crippen LogP contribution in [0.25, 0.3) is 0 Å². The van der Waals surface area contributed by atoms with Crippen LogP contribution in [0.3, 0.4) is 0 Å². The fourth-order valence-electron chi connectivity index (χ4n) is 1.47. The van der Waals surface area contributed by atoms with E-state index in [-0.39, 0.29) is 5.97 Å². The molecule has 0 bridgehead atoms. The summed E-state index contributed by atoms with van der Waals surface area (Å²) < 4.78 is 9.95. The van der Waals surface area contributed by atoms with Crippen LogP contribution >= 0.6 is 0 Å². The van der Waals surface area contributed by atoms with Gasteiger partial charge in [0.15, 0.2) is 0 Å². The fourth-order valence-corrected chi connectivity index (χ4v) is 1.47. The lowest BCUT2D eigenvalue weighted by atomic mass is 10.0. The lowest BCUT2D eigenvalue weighted by Crippen LogP contribution is -2.49. The zero-order valence-electron chi connectivity index (χ0n) is 9.13. The predicted octanol–water partition coefficient (Wildman–Crippen LogP) is 0.564. The highest BCUT2D eigenvalue weighted by Crippen LogP contribution is 2.13. The van der Waals surface area contributed by atoms with Gasteiger partial charge in [-0.15, -0.1) is 0 Å². The lowest BCUT2D eigenvalue weighted by molar-refractivity contribution is -0.147. The molecule has 1 fully saturated rings. The van der Waals surface area contributed by atoms with Crippen molar-refractivity contribution >= 4 is 5.97 Å². The minimum atomic E-state index is -0.600. The van der Waals surface area contributed by atoms with Crippen LogP contribution in [-0.2, 0) is 14.3 Å². The molecule has 0 aromatic carbocycles. The Bertz CT molecular complexity index is 198. The first-order valence-corrected chi connectivity index (χ1v) is 4.97. The average molecular weight is 201 g/mol. The molecule has 1 aliphatic heterocycles. The normalized spacial score (nSPS) is 22.4. The summed E-state index contributed by atoms with van der Waals surface area (Å²) >= 11 is 0. The molecule has 1 aliphatic rings. The SMILES string of the molecule is COC(=O)C(C)(C)NCC1CCOC1. The average Bonchev–Trinajstić information content (AvgIpc) is 2.66. The van der Waals surface area contributed by atoms with E-state index in [1.807, 2.05) is 13.8 Å². The molecule has 14 heavy (non-hydrogen) atoms. The maximum Gasteiger partial charge on any atom is 0.325 e. The Morgan fingerprint density at radius 2 is 2.36 bits per heavy atom. The molecule has 1 atom stereocenters. The van der Waals surface area contributed by atoms with E-state index in [1.165, 1.54) is 7.11 Å². The number of methoxy groups -OCH3 is 1. The van der Waals surface area contributed by atoms with Gasteiger partial charge in [0.25, 0.3) is 0 Å². The van der Waals surface area contributed by atoms with E-state index in [2.05, 4.69) is 5.32 Å². The van der Waals surface area contributed by atoms with E-state index in [0.29, 0.717) is 5.92 Å². The van der Waals surface area contributed by atoms with Crippen LogP contribution in [0, 0.1) is 5.92 Å². The van der Waals surface area contributed by atoms with Crippen LogP contribution < -0.4 is 5.32 Å². The van der Waals surface area contributed by atoms with Gasteiger partial charge < -0.3 is 14.8 Å². The highest BCUT2D eigenvalue weighted by atomic mass is 16.5. The lowest BCUT2D eigenvalue weighted by Gasteiger charge is -2.24. The predicted molar refractivity (Wildman–Crippen MR) is 53.0 cm³/mol. The third-order valence-electron chi connectivity index (χ3n) is 2.55. The van der Waals surface area contributed by atoms with E-state index in [9.17, 15) is 4.79 Å². The molecule has 0 aliphatic carbocycles. The van der Waals surface area contributed by atoms with Crippen LogP contribution in [0.15, 0.2) is 0 Å². The number of rotatable bonds is 4. The summed E-state index contributed by atoms with van der Waals surface area (Å²) in [5, 5.41) is 3.20. The number of ether oxygens (including phenoxy) is 2. The fraction of sp³-hybridized carbons (Fsp3) is 0.900. The monoisotopic (exact) mass is 201 g/mol. The molecular weight excluding hydrogens is 182 g/mol. The van der Waals surface area contributed by atoms with Crippen molar-refractivity contribution in [3.8, 4) is 0 Å². The van der Waals surface area contributed by atoms with Gasteiger partial charge >= 0.3 is 5.97 Å². The molecule has 0 saturated carbocycles. The number of hydrogen-bond donors (Lipinski definition) is 1. The Morgan fingerprint density at radius 3 is 2.86 bits per heavy atom. The summed E-state index contributed by atoms with van der Waals surface area (Å²) in [6, 6.07) is 0. The molecule has 0 spiro atoms. The van der Waals surface area contributed by atoms with Gasteiger partial charge in [-0.1, -0.05) is 0 Å². The van der Waals surface area contributed by atoms with Crippen molar-refractivity contribution in [3.63, 3.8) is 0 Å². The molecule has 0 aromatic rings. The standard InChI is InChI=1S/C10H19NO3/c1-10(2,9(12)13-3)11-6-8-4-5-14-7-8/h8,11H,4-7H2,1-3H3. The van der Waals surface area contributed by atoms with E-state index in [4.69, 9.17) is 9.47 Å². The van der Waals surface area contributed by atoms with Gasteiger partial charge in [0.1, 0.15) is 5.54 Å². The maximum atomic E-state index is 11.3. The van der Waals surface area contributed by atoms with Crippen molar-refractivity contribution in [2.45, 2.75) is 25.8 Å². The summed E-state index contributed by atoms with van der Waals surface area (Å²) in [7, 11) is 1.41. The number of nitrogens with one attached hydrogen (secondary N) is 1. The summed E-state index contributed by atoms with van der Waals surface area (Å²) in [5.41, 5.74) is -0.600. The summed E-state index contributed by atoms with van der Waals surface area (Å²) in [6.07, 6.45) is 1.07. The molecule has 1 N–H and O–H groups in total. The summed E-state index contributed by atoms with van der Waals surface area (Å²) in [5.74, 6) is 0.301. The second-order valence-corrected chi connectivity index (χ2v) is 4.23. The highest BCUT2D eigenvalue weighted by molar-refractivity contribution is 5.79. The van der Waals surface area contributed by atoms with Crippen LogP contribution in [-0.4, -0.2) is 38.4 Å². The van der Waals surface area contributed by atoms with Crippen molar-refractivity contribution in [2.75, 3.05) is 26.9 Å². The minimum absolute atomic E-state index is 0.226. The van der Waals surface area contributed by atoms with Crippen molar-refractivity contribution < 1.29 is 14.3 Å². The second-order valence-electron chi connectivity index (χ2n) is 4.23. The van der Waals surface area contributed by atoms with Crippen molar-refractivity contribution in [1.82, 2.24) is 5.32 Å². The molecule has 0 aromatic heterocycles. The minimum Gasteiger partial charge on any atom is -0.468 e. The van der Waals surface area contributed by atoms with Gasteiger partial charge in [-0.2, -0.15) is 0 Å². The second kappa shape index (κ2) is 4.75.